The molecule has 1 fully saturated rings. The van der Waals surface area contributed by atoms with Crippen LogP contribution < -0.4 is 10.1 Å². The van der Waals surface area contributed by atoms with Crippen LogP contribution in [-0.4, -0.2) is 74.7 Å². The zero-order valence-corrected chi connectivity index (χ0v) is 20.2. The number of methoxy groups -OCH3 is 1. The maximum Gasteiger partial charge on any atom is 0.257 e. The van der Waals surface area contributed by atoms with E-state index in [4.69, 9.17) is 9.47 Å². The number of carbonyl (C=O) groups excluding carboxylic acids is 2. The molecular weight excluding hydrogens is 406 g/mol. The van der Waals surface area contributed by atoms with Crippen LogP contribution in [0.25, 0.3) is 0 Å². The van der Waals surface area contributed by atoms with Crippen LogP contribution in [0.4, 0.5) is 5.69 Å². The third-order valence-corrected chi connectivity index (χ3v) is 7.00. The van der Waals surface area contributed by atoms with Crippen molar-refractivity contribution in [1.29, 1.82) is 0 Å². The Bertz CT molecular complexity index is 793. The van der Waals surface area contributed by atoms with Crippen LogP contribution in [0.1, 0.15) is 56.3 Å². The molecule has 0 aromatic heterocycles. The van der Waals surface area contributed by atoms with Gasteiger partial charge in [0.15, 0.2) is 0 Å². The molecule has 178 valence electrons. The monoisotopic (exact) mass is 445 g/mol. The van der Waals surface area contributed by atoms with Gasteiger partial charge in [0.25, 0.3) is 5.91 Å². The number of ether oxygens (including phenoxy) is 2. The van der Waals surface area contributed by atoms with Gasteiger partial charge >= 0.3 is 0 Å². The third-order valence-electron chi connectivity index (χ3n) is 7.00. The van der Waals surface area contributed by atoms with Crippen LogP contribution in [0, 0.1) is 11.8 Å². The summed E-state index contributed by atoms with van der Waals surface area (Å²) in [6, 6.07) is 5.56. The number of hydrogen-bond acceptors (Lipinski definition) is 5. The van der Waals surface area contributed by atoms with Gasteiger partial charge in [0, 0.05) is 44.9 Å². The van der Waals surface area contributed by atoms with Crippen molar-refractivity contribution in [2.24, 2.45) is 11.8 Å². The van der Waals surface area contributed by atoms with Crippen LogP contribution in [0.15, 0.2) is 18.2 Å². The minimum Gasteiger partial charge on any atom is -0.491 e. The van der Waals surface area contributed by atoms with Crippen LogP contribution in [-0.2, 0) is 9.53 Å². The number of fused-ring (bicyclic) bond motifs is 1. The second-order valence-corrected chi connectivity index (χ2v) is 9.57. The quantitative estimate of drug-likeness (QED) is 0.769. The number of carbonyl (C=O) groups is 2. The fraction of sp³-hybridized carbons (Fsp3) is 0.680. The van der Waals surface area contributed by atoms with E-state index in [1.54, 1.807) is 31.2 Å². The van der Waals surface area contributed by atoms with Crippen LogP contribution >= 0.6 is 0 Å². The first-order valence-electron chi connectivity index (χ1n) is 11.9. The Hall–Kier alpha value is -2.12. The lowest BCUT2D eigenvalue weighted by Gasteiger charge is -2.34. The van der Waals surface area contributed by atoms with Crippen LogP contribution in [0.2, 0.25) is 0 Å². The third kappa shape index (κ3) is 6.01. The van der Waals surface area contributed by atoms with Gasteiger partial charge in [-0.3, -0.25) is 14.5 Å². The minimum atomic E-state index is -0.135. The Morgan fingerprint density at radius 3 is 2.53 bits per heavy atom. The lowest BCUT2D eigenvalue weighted by molar-refractivity contribution is -0.120. The molecule has 32 heavy (non-hydrogen) atoms. The Kier molecular flexibility index (Phi) is 8.54. The first-order chi connectivity index (χ1) is 15.3. The smallest absolute Gasteiger partial charge is 0.257 e. The highest BCUT2D eigenvalue weighted by Crippen LogP contribution is 2.28. The highest BCUT2D eigenvalue weighted by molar-refractivity contribution is 5.99. The van der Waals surface area contributed by atoms with Gasteiger partial charge in [-0.1, -0.05) is 26.2 Å². The minimum absolute atomic E-state index is 0.0445. The van der Waals surface area contributed by atoms with E-state index in [0.717, 1.165) is 32.2 Å². The molecule has 1 aliphatic heterocycles. The van der Waals surface area contributed by atoms with E-state index in [2.05, 4.69) is 31.1 Å². The van der Waals surface area contributed by atoms with E-state index in [0.29, 0.717) is 30.2 Å². The van der Waals surface area contributed by atoms with Gasteiger partial charge in [0.2, 0.25) is 5.91 Å². The van der Waals surface area contributed by atoms with Gasteiger partial charge in [0.1, 0.15) is 12.4 Å². The molecular formula is C25H39N3O4. The van der Waals surface area contributed by atoms with Crippen molar-refractivity contribution in [2.75, 3.05) is 46.2 Å². The molecule has 2 amide bonds. The molecule has 2 aliphatic rings. The van der Waals surface area contributed by atoms with Crippen molar-refractivity contribution in [1.82, 2.24) is 9.80 Å². The topological polar surface area (TPSA) is 71.1 Å². The number of benzene rings is 1. The average Bonchev–Trinajstić information content (AvgIpc) is 2.80. The van der Waals surface area contributed by atoms with E-state index in [-0.39, 0.29) is 35.8 Å². The Morgan fingerprint density at radius 2 is 1.84 bits per heavy atom. The predicted molar refractivity (Wildman–Crippen MR) is 126 cm³/mol. The number of rotatable bonds is 3. The van der Waals surface area contributed by atoms with Gasteiger partial charge < -0.3 is 19.7 Å². The lowest BCUT2D eigenvalue weighted by Crippen LogP contribution is -2.45. The predicted octanol–water partition coefficient (Wildman–Crippen LogP) is 3.64. The summed E-state index contributed by atoms with van der Waals surface area (Å²) in [5.74, 6) is 0.760. The zero-order chi connectivity index (χ0) is 23.3. The fourth-order valence-corrected chi connectivity index (χ4v) is 4.64. The van der Waals surface area contributed by atoms with Crippen molar-refractivity contribution in [3.8, 4) is 5.75 Å². The van der Waals surface area contributed by atoms with E-state index >= 15 is 0 Å². The SMILES string of the molecule is CO[C@H]1CN(C)C(=O)c2cc(NC(=O)C3CCCCC3)ccc2OC[C@@H](C)N(C)C[C@H]1C. The van der Waals surface area contributed by atoms with Gasteiger partial charge in [-0.2, -0.15) is 0 Å². The van der Waals surface area contributed by atoms with E-state index in [1.807, 2.05) is 6.07 Å². The number of anilines is 1. The molecule has 0 saturated heterocycles. The lowest BCUT2D eigenvalue weighted by atomic mass is 9.88. The number of nitrogens with zero attached hydrogens (tertiary/aromatic N) is 2. The Balaban J connectivity index is 1.86. The summed E-state index contributed by atoms with van der Waals surface area (Å²) in [5.41, 5.74) is 1.10. The first kappa shape index (κ1) is 24.5. The molecule has 1 aliphatic carbocycles. The summed E-state index contributed by atoms with van der Waals surface area (Å²) in [6.45, 7) is 6.07. The maximum atomic E-state index is 13.4. The highest BCUT2D eigenvalue weighted by atomic mass is 16.5. The molecule has 7 nitrogen and oxygen atoms in total. The van der Waals surface area contributed by atoms with Gasteiger partial charge in [-0.05, 0) is 50.9 Å². The summed E-state index contributed by atoms with van der Waals surface area (Å²) < 4.78 is 11.8. The summed E-state index contributed by atoms with van der Waals surface area (Å²) in [4.78, 5) is 30.0. The summed E-state index contributed by atoms with van der Waals surface area (Å²) >= 11 is 0. The van der Waals surface area contributed by atoms with Crippen molar-refractivity contribution < 1.29 is 19.1 Å². The molecule has 0 unspecified atom stereocenters. The van der Waals surface area contributed by atoms with Crippen molar-refractivity contribution in [2.45, 2.75) is 58.1 Å². The van der Waals surface area contributed by atoms with Crippen LogP contribution in [0.5, 0.6) is 5.75 Å². The number of amides is 2. The molecule has 1 aromatic rings. The Labute approximate surface area is 192 Å². The average molecular weight is 446 g/mol. The zero-order valence-electron chi connectivity index (χ0n) is 20.2. The number of nitrogens with one attached hydrogen (secondary N) is 1. The molecule has 3 rings (SSSR count). The maximum absolute atomic E-state index is 13.4. The van der Waals surface area contributed by atoms with Crippen molar-refractivity contribution in [3.63, 3.8) is 0 Å². The fourth-order valence-electron chi connectivity index (χ4n) is 4.64. The molecule has 1 heterocycles. The molecule has 0 spiro atoms. The normalized spacial score (nSPS) is 26.5. The molecule has 0 bridgehead atoms. The highest BCUT2D eigenvalue weighted by Gasteiger charge is 2.28. The summed E-state index contributed by atoms with van der Waals surface area (Å²) in [6.07, 6.45) is 5.20. The molecule has 1 saturated carbocycles. The Morgan fingerprint density at radius 1 is 1.12 bits per heavy atom. The van der Waals surface area contributed by atoms with E-state index < -0.39 is 0 Å². The second kappa shape index (κ2) is 11.1. The van der Waals surface area contributed by atoms with Gasteiger partial charge in [-0.25, -0.2) is 0 Å². The van der Waals surface area contributed by atoms with Crippen molar-refractivity contribution >= 4 is 17.5 Å². The standard InChI is InChI=1S/C25H39N3O4/c1-17-14-27(3)18(2)16-32-22-12-11-20(26-24(29)19-9-7-6-8-10-19)13-21(22)25(30)28(4)15-23(17)31-5/h11-13,17-19,23H,6-10,14-16H2,1-5H3,(H,26,29)/t17-,18-,23+/m1/s1. The van der Waals surface area contributed by atoms with Gasteiger partial charge in [-0.15, -0.1) is 0 Å². The summed E-state index contributed by atoms with van der Waals surface area (Å²) in [5, 5.41) is 3.03. The molecule has 3 atom stereocenters. The molecule has 1 aromatic carbocycles. The molecule has 0 radical (unpaired) electrons. The van der Waals surface area contributed by atoms with Gasteiger partial charge in [0.05, 0.1) is 11.7 Å². The number of hydrogen-bond donors (Lipinski definition) is 1. The largest absolute Gasteiger partial charge is 0.491 e. The second-order valence-electron chi connectivity index (χ2n) is 9.57. The van der Waals surface area contributed by atoms with E-state index in [9.17, 15) is 9.59 Å². The van der Waals surface area contributed by atoms with Crippen LogP contribution in [0.3, 0.4) is 0 Å². The first-order valence-corrected chi connectivity index (χ1v) is 11.9. The van der Waals surface area contributed by atoms with E-state index in [1.165, 1.54) is 6.42 Å². The summed E-state index contributed by atoms with van der Waals surface area (Å²) in [7, 11) is 5.57. The number of likely N-dealkylation sites (N-methyl/N-ethyl adjacent to an activating group) is 2. The molecule has 1 N–H and O–H groups in total. The molecule has 7 heteroatoms. The van der Waals surface area contributed by atoms with Crippen molar-refractivity contribution in [3.05, 3.63) is 23.8 Å².